The van der Waals surface area contributed by atoms with E-state index in [9.17, 15) is 5.21 Å². The van der Waals surface area contributed by atoms with E-state index in [-0.39, 0.29) is 0 Å². The monoisotopic (exact) mass is 97.0 g/mol. The van der Waals surface area contributed by atoms with Crippen LogP contribution >= 0.6 is 0 Å². The lowest BCUT2D eigenvalue weighted by molar-refractivity contribution is -0.100. The van der Waals surface area contributed by atoms with Crippen molar-refractivity contribution in [2.24, 2.45) is 4.99 Å². The van der Waals surface area contributed by atoms with E-state index in [1.54, 1.807) is 6.21 Å². The number of hydrogen-bond donors (Lipinski definition) is 0. The van der Waals surface area contributed by atoms with Crippen molar-refractivity contribution in [1.29, 1.82) is 0 Å². The smallest absolute Gasteiger partial charge is 0.0833 e. The zero-order chi connectivity index (χ0) is 5.11. The SMILES string of the molecule is [O]N1C=CN=CC1. The van der Waals surface area contributed by atoms with E-state index >= 15 is 0 Å². The van der Waals surface area contributed by atoms with E-state index in [0.29, 0.717) is 6.54 Å². The second kappa shape index (κ2) is 1.75. The molecular formula is C4H5N2O. The summed E-state index contributed by atoms with van der Waals surface area (Å²) < 4.78 is 0. The van der Waals surface area contributed by atoms with Gasteiger partial charge in [0.25, 0.3) is 0 Å². The summed E-state index contributed by atoms with van der Waals surface area (Å²) in [7, 11) is 0. The van der Waals surface area contributed by atoms with Crippen molar-refractivity contribution in [3.8, 4) is 0 Å². The van der Waals surface area contributed by atoms with Gasteiger partial charge in [-0.05, 0) is 0 Å². The van der Waals surface area contributed by atoms with Gasteiger partial charge in [0.1, 0.15) is 0 Å². The van der Waals surface area contributed by atoms with Crippen LogP contribution in [0, 0.1) is 0 Å². The van der Waals surface area contributed by atoms with Crippen LogP contribution in [0.4, 0.5) is 0 Å². The molecule has 0 bridgehead atoms. The molecule has 1 rings (SSSR count). The Bertz CT molecular complexity index is 108. The molecular weight excluding hydrogens is 92.1 g/mol. The minimum Gasteiger partial charge on any atom is -0.266 e. The van der Waals surface area contributed by atoms with Crippen LogP contribution in [0.2, 0.25) is 0 Å². The van der Waals surface area contributed by atoms with E-state index in [0.717, 1.165) is 5.06 Å². The molecule has 1 aliphatic rings. The summed E-state index contributed by atoms with van der Waals surface area (Å²) in [6, 6.07) is 0. The Morgan fingerprint density at radius 3 is 2.86 bits per heavy atom. The molecule has 0 spiro atoms. The molecule has 0 aromatic heterocycles. The van der Waals surface area contributed by atoms with Gasteiger partial charge in [-0.15, -0.1) is 0 Å². The number of hydrogen-bond acceptors (Lipinski definition) is 2. The predicted molar refractivity (Wildman–Crippen MR) is 25.0 cm³/mol. The highest BCUT2D eigenvalue weighted by atomic mass is 16.5. The zero-order valence-electron chi connectivity index (χ0n) is 3.74. The lowest BCUT2D eigenvalue weighted by atomic mass is 10.6. The molecule has 0 unspecified atom stereocenters. The highest BCUT2D eigenvalue weighted by Crippen LogP contribution is 1.87. The Labute approximate surface area is 41.5 Å². The Morgan fingerprint density at radius 1 is 1.71 bits per heavy atom. The van der Waals surface area contributed by atoms with Crippen LogP contribution in [0.1, 0.15) is 0 Å². The van der Waals surface area contributed by atoms with E-state index in [1.165, 1.54) is 12.4 Å². The maximum Gasteiger partial charge on any atom is 0.0833 e. The lowest BCUT2D eigenvalue weighted by Crippen LogP contribution is -2.13. The predicted octanol–water partition coefficient (Wildman–Crippen LogP) is 0.190. The highest BCUT2D eigenvalue weighted by molar-refractivity contribution is 5.61. The summed E-state index contributed by atoms with van der Waals surface area (Å²) in [4.78, 5) is 3.68. The van der Waals surface area contributed by atoms with Gasteiger partial charge in [0, 0.05) is 18.6 Å². The summed E-state index contributed by atoms with van der Waals surface area (Å²) in [5.41, 5.74) is 0. The summed E-state index contributed by atoms with van der Waals surface area (Å²) in [5.74, 6) is 0. The van der Waals surface area contributed by atoms with Crippen molar-refractivity contribution in [2.45, 2.75) is 0 Å². The van der Waals surface area contributed by atoms with Gasteiger partial charge in [-0.3, -0.25) is 4.99 Å². The van der Waals surface area contributed by atoms with Gasteiger partial charge in [-0.25, -0.2) is 5.06 Å². The first-order valence-electron chi connectivity index (χ1n) is 2.01. The molecule has 3 heteroatoms. The van der Waals surface area contributed by atoms with Crippen molar-refractivity contribution in [2.75, 3.05) is 6.54 Å². The van der Waals surface area contributed by atoms with Crippen LogP contribution < -0.4 is 0 Å². The van der Waals surface area contributed by atoms with Crippen LogP contribution in [-0.2, 0) is 5.21 Å². The maximum absolute atomic E-state index is 10.2. The van der Waals surface area contributed by atoms with Crippen molar-refractivity contribution in [3.63, 3.8) is 0 Å². The average Bonchev–Trinajstić information content (AvgIpc) is 1.69. The largest absolute Gasteiger partial charge is 0.266 e. The molecule has 0 saturated heterocycles. The third-order valence-electron chi connectivity index (χ3n) is 0.686. The van der Waals surface area contributed by atoms with Gasteiger partial charge in [0.15, 0.2) is 0 Å². The highest BCUT2D eigenvalue weighted by Gasteiger charge is 1.92. The van der Waals surface area contributed by atoms with Crippen LogP contribution in [-0.4, -0.2) is 17.8 Å². The molecule has 0 aromatic rings. The lowest BCUT2D eigenvalue weighted by Gasteiger charge is -2.04. The van der Waals surface area contributed by atoms with E-state index in [4.69, 9.17) is 0 Å². The first-order valence-corrected chi connectivity index (χ1v) is 2.01. The van der Waals surface area contributed by atoms with Crippen molar-refractivity contribution in [3.05, 3.63) is 12.4 Å². The fourth-order valence-corrected chi connectivity index (χ4v) is 0.362. The van der Waals surface area contributed by atoms with Crippen LogP contribution in [0.3, 0.4) is 0 Å². The van der Waals surface area contributed by atoms with Crippen LogP contribution in [0.5, 0.6) is 0 Å². The molecule has 1 aliphatic heterocycles. The molecule has 37 valence electrons. The number of hydroxylamine groups is 2. The van der Waals surface area contributed by atoms with E-state index in [2.05, 4.69) is 4.99 Å². The summed E-state index contributed by atoms with van der Waals surface area (Å²) >= 11 is 0. The molecule has 1 heterocycles. The molecule has 0 fully saturated rings. The van der Waals surface area contributed by atoms with Gasteiger partial charge in [0.05, 0.1) is 6.54 Å². The van der Waals surface area contributed by atoms with E-state index in [1.807, 2.05) is 0 Å². The minimum atomic E-state index is 0.385. The fourth-order valence-electron chi connectivity index (χ4n) is 0.362. The quantitative estimate of drug-likeness (QED) is 0.425. The molecule has 0 atom stereocenters. The first-order chi connectivity index (χ1) is 3.39. The fraction of sp³-hybridized carbons (Fsp3) is 0.250. The average molecular weight is 97.1 g/mol. The number of rotatable bonds is 0. The van der Waals surface area contributed by atoms with E-state index < -0.39 is 0 Å². The molecule has 0 N–H and O–H groups in total. The van der Waals surface area contributed by atoms with Crippen LogP contribution in [0.15, 0.2) is 17.4 Å². The molecule has 0 saturated carbocycles. The van der Waals surface area contributed by atoms with Gasteiger partial charge < -0.3 is 0 Å². The molecule has 1 radical (unpaired) electrons. The topological polar surface area (TPSA) is 35.5 Å². The Kier molecular flexibility index (Phi) is 1.08. The second-order valence-electron chi connectivity index (χ2n) is 1.23. The Hall–Kier alpha value is -0.830. The first kappa shape index (κ1) is 4.33. The van der Waals surface area contributed by atoms with Gasteiger partial charge >= 0.3 is 0 Å². The normalized spacial score (nSPS) is 18.1. The maximum atomic E-state index is 10.2. The second-order valence-corrected chi connectivity index (χ2v) is 1.23. The van der Waals surface area contributed by atoms with Gasteiger partial charge in [0.2, 0.25) is 0 Å². The standard InChI is InChI=1S/C4H5N2O/c7-6-3-1-5-2-4-6/h1-3H,4H2. The molecule has 0 aromatic carbocycles. The van der Waals surface area contributed by atoms with Crippen molar-refractivity contribution in [1.82, 2.24) is 5.06 Å². The third kappa shape index (κ3) is 1.01. The Morgan fingerprint density at radius 2 is 2.57 bits per heavy atom. The molecule has 0 aliphatic carbocycles. The number of nitrogens with zero attached hydrogens (tertiary/aromatic N) is 2. The summed E-state index contributed by atoms with van der Waals surface area (Å²) in [6.07, 6.45) is 4.42. The van der Waals surface area contributed by atoms with Gasteiger partial charge in [-0.1, -0.05) is 5.21 Å². The van der Waals surface area contributed by atoms with Gasteiger partial charge in [-0.2, -0.15) is 0 Å². The molecule has 7 heavy (non-hydrogen) atoms. The molecule has 3 nitrogen and oxygen atoms in total. The van der Waals surface area contributed by atoms with Crippen LogP contribution in [0.25, 0.3) is 0 Å². The zero-order valence-corrected chi connectivity index (χ0v) is 3.74. The van der Waals surface area contributed by atoms with Crippen molar-refractivity contribution < 1.29 is 5.21 Å². The third-order valence-corrected chi connectivity index (χ3v) is 0.686. The Balaban J connectivity index is 2.49. The summed E-state index contributed by atoms with van der Waals surface area (Å²) in [6.45, 7) is 0.385. The number of aliphatic imine (C=N–C) groups is 1. The summed E-state index contributed by atoms with van der Waals surface area (Å²) in [5, 5.41) is 11.0. The minimum absolute atomic E-state index is 0.385. The van der Waals surface area contributed by atoms with Crippen molar-refractivity contribution >= 4 is 6.21 Å². The molecule has 0 amide bonds.